The maximum atomic E-state index is 12.5. The molecule has 0 fully saturated rings. The van der Waals surface area contributed by atoms with Gasteiger partial charge in [0.25, 0.3) is 5.91 Å². The van der Waals surface area contributed by atoms with E-state index in [1.165, 1.54) is 6.26 Å². The van der Waals surface area contributed by atoms with Crippen LogP contribution in [0.5, 0.6) is 0 Å². The van der Waals surface area contributed by atoms with Crippen LogP contribution in [-0.2, 0) is 22.1 Å². The fourth-order valence-electron chi connectivity index (χ4n) is 2.64. The summed E-state index contributed by atoms with van der Waals surface area (Å²) in [5.41, 5.74) is 1.73. The second-order valence-corrected chi connectivity index (χ2v) is 9.25. The normalized spacial score (nSPS) is 11.4. The molecule has 28 heavy (non-hydrogen) atoms. The number of nitrogens with one attached hydrogen (secondary N) is 1. The average molecular weight is 438 g/mol. The van der Waals surface area contributed by atoms with E-state index in [2.05, 4.69) is 10.4 Å². The molecule has 0 saturated carbocycles. The molecule has 0 saturated heterocycles. The Morgan fingerprint density at radius 1 is 1.07 bits per heavy atom. The molecule has 9 heteroatoms. The lowest BCUT2D eigenvalue weighted by Crippen LogP contribution is -2.16. The Morgan fingerprint density at radius 2 is 1.71 bits per heavy atom. The lowest BCUT2D eigenvalue weighted by atomic mass is 10.1. The van der Waals surface area contributed by atoms with Crippen LogP contribution in [0.4, 0.5) is 5.82 Å². The molecular weight excluding hydrogens is 421 g/mol. The highest BCUT2D eigenvalue weighted by Gasteiger charge is 2.13. The summed E-state index contributed by atoms with van der Waals surface area (Å²) in [6.45, 7) is 0.300. The van der Waals surface area contributed by atoms with E-state index < -0.39 is 9.84 Å². The molecule has 3 aromatic rings. The van der Waals surface area contributed by atoms with Gasteiger partial charge in [-0.1, -0.05) is 41.4 Å². The molecule has 1 aromatic heterocycles. The van der Waals surface area contributed by atoms with Crippen molar-refractivity contribution in [3.63, 3.8) is 0 Å². The summed E-state index contributed by atoms with van der Waals surface area (Å²) in [5, 5.41) is 8.03. The number of aromatic nitrogens is 2. The number of amides is 1. The molecule has 3 rings (SSSR count). The second-order valence-electron chi connectivity index (χ2n) is 6.30. The molecule has 1 amide bonds. The lowest BCUT2D eigenvalue weighted by Gasteiger charge is -2.11. The summed E-state index contributed by atoms with van der Waals surface area (Å²) in [7, 11) is -3.13. The van der Waals surface area contributed by atoms with Crippen LogP contribution in [0.3, 0.4) is 0 Å². The Kier molecular flexibility index (Phi) is 6.07. The monoisotopic (exact) mass is 437 g/mol. The Labute approximate surface area is 173 Å². The van der Waals surface area contributed by atoms with Gasteiger partial charge in [-0.3, -0.25) is 4.79 Å². The highest BCUT2D eigenvalue weighted by molar-refractivity contribution is 7.89. The van der Waals surface area contributed by atoms with Gasteiger partial charge in [-0.05, 0) is 29.8 Å². The molecule has 0 aliphatic carbocycles. The van der Waals surface area contributed by atoms with Crippen molar-refractivity contribution in [2.75, 3.05) is 11.6 Å². The van der Waals surface area contributed by atoms with Crippen LogP contribution in [0, 0.1) is 0 Å². The summed E-state index contributed by atoms with van der Waals surface area (Å²) < 4.78 is 24.3. The van der Waals surface area contributed by atoms with Gasteiger partial charge in [-0.2, -0.15) is 5.10 Å². The third-order valence-electron chi connectivity index (χ3n) is 3.97. The Bertz CT molecular complexity index is 1090. The van der Waals surface area contributed by atoms with Crippen LogP contribution in [-0.4, -0.2) is 30.4 Å². The Morgan fingerprint density at radius 3 is 2.32 bits per heavy atom. The van der Waals surface area contributed by atoms with Gasteiger partial charge in [0.05, 0.1) is 18.5 Å². The summed E-state index contributed by atoms with van der Waals surface area (Å²) in [5.74, 6) is 0.0828. The molecule has 1 N–H and O–H groups in total. The van der Waals surface area contributed by atoms with Gasteiger partial charge in [-0.25, -0.2) is 13.1 Å². The molecule has 0 radical (unpaired) electrons. The van der Waals surface area contributed by atoms with Crippen molar-refractivity contribution in [3.8, 4) is 0 Å². The number of sulfone groups is 1. The standard InChI is InChI=1S/C19H17Cl2N3O3S/c1-28(26,27)12-13-5-7-14(8-6-13)19(25)23-18-9-10-22-24(18)11-15-16(20)3-2-4-17(15)21/h2-10H,11-12H2,1H3,(H,23,25). The van der Waals surface area contributed by atoms with E-state index in [-0.39, 0.29) is 11.7 Å². The first-order valence-electron chi connectivity index (χ1n) is 8.25. The molecular formula is C19H17Cl2N3O3S. The molecule has 0 aliphatic rings. The fraction of sp³-hybridized carbons (Fsp3) is 0.158. The van der Waals surface area contributed by atoms with Crippen molar-refractivity contribution in [1.82, 2.24) is 9.78 Å². The first-order valence-corrected chi connectivity index (χ1v) is 11.1. The third-order valence-corrected chi connectivity index (χ3v) is 5.54. The van der Waals surface area contributed by atoms with Gasteiger partial charge < -0.3 is 5.32 Å². The fourth-order valence-corrected chi connectivity index (χ4v) is 3.96. The minimum absolute atomic E-state index is 0.0692. The molecule has 146 valence electrons. The van der Waals surface area contributed by atoms with E-state index in [1.54, 1.807) is 59.4 Å². The zero-order chi connectivity index (χ0) is 20.3. The van der Waals surface area contributed by atoms with Crippen molar-refractivity contribution in [2.24, 2.45) is 0 Å². The smallest absolute Gasteiger partial charge is 0.256 e. The van der Waals surface area contributed by atoms with E-state index >= 15 is 0 Å². The van der Waals surface area contributed by atoms with Gasteiger partial charge in [-0.15, -0.1) is 0 Å². The quantitative estimate of drug-likeness (QED) is 0.630. The minimum atomic E-state index is -3.13. The van der Waals surface area contributed by atoms with Crippen molar-refractivity contribution in [2.45, 2.75) is 12.3 Å². The molecule has 0 bridgehead atoms. The molecule has 0 aliphatic heterocycles. The van der Waals surface area contributed by atoms with Crippen LogP contribution < -0.4 is 5.32 Å². The lowest BCUT2D eigenvalue weighted by molar-refractivity contribution is 0.102. The minimum Gasteiger partial charge on any atom is -0.307 e. The number of anilines is 1. The average Bonchev–Trinajstić information content (AvgIpc) is 3.04. The molecule has 2 aromatic carbocycles. The zero-order valence-corrected chi connectivity index (χ0v) is 17.2. The van der Waals surface area contributed by atoms with E-state index in [9.17, 15) is 13.2 Å². The largest absolute Gasteiger partial charge is 0.307 e. The SMILES string of the molecule is CS(=O)(=O)Cc1ccc(C(=O)Nc2ccnn2Cc2c(Cl)cccc2Cl)cc1. The molecule has 0 unspecified atom stereocenters. The maximum absolute atomic E-state index is 12.5. The molecule has 0 spiro atoms. The number of rotatable bonds is 6. The van der Waals surface area contributed by atoms with Gasteiger partial charge in [0.2, 0.25) is 0 Å². The van der Waals surface area contributed by atoms with Crippen LogP contribution in [0.25, 0.3) is 0 Å². The summed E-state index contributed by atoms with van der Waals surface area (Å²) in [6.07, 6.45) is 2.73. The number of carbonyl (C=O) groups is 1. The third kappa shape index (κ3) is 5.13. The van der Waals surface area contributed by atoms with E-state index in [0.29, 0.717) is 39.1 Å². The van der Waals surface area contributed by atoms with Crippen molar-refractivity contribution >= 4 is 44.8 Å². The first kappa shape index (κ1) is 20.4. The van der Waals surface area contributed by atoms with Crippen molar-refractivity contribution in [1.29, 1.82) is 0 Å². The van der Waals surface area contributed by atoms with E-state index in [1.807, 2.05) is 0 Å². The van der Waals surface area contributed by atoms with Gasteiger partial charge in [0.1, 0.15) is 5.82 Å². The molecule has 1 heterocycles. The highest BCUT2D eigenvalue weighted by atomic mass is 35.5. The number of carbonyl (C=O) groups excluding carboxylic acids is 1. The van der Waals surface area contributed by atoms with Crippen molar-refractivity contribution in [3.05, 3.63) is 81.5 Å². The topological polar surface area (TPSA) is 81.1 Å². The predicted octanol–water partition coefficient (Wildman–Crippen LogP) is 4.04. The van der Waals surface area contributed by atoms with Crippen LogP contribution in [0.15, 0.2) is 54.7 Å². The number of nitrogens with zero attached hydrogens (tertiary/aromatic N) is 2. The van der Waals surface area contributed by atoms with Gasteiger partial charge in [0.15, 0.2) is 9.84 Å². The highest BCUT2D eigenvalue weighted by Crippen LogP contribution is 2.26. The summed E-state index contributed by atoms with van der Waals surface area (Å²) in [6, 6.07) is 13.3. The van der Waals surface area contributed by atoms with Gasteiger partial charge >= 0.3 is 0 Å². The number of hydrogen-bond donors (Lipinski definition) is 1. The second kappa shape index (κ2) is 8.34. The predicted molar refractivity (Wildman–Crippen MR) is 111 cm³/mol. The zero-order valence-electron chi connectivity index (χ0n) is 14.9. The van der Waals surface area contributed by atoms with Crippen LogP contribution >= 0.6 is 23.2 Å². The van der Waals surface area contributed by atoms with E-state index in [4.69, 9.17) is 23.2 Å². The molecule has 0 atom stereocenters. The van der Waals surface area contributed by atoms with Crippen molar-refractivity contribution < 1.29 is 13.2 Å². The maximum Gasteiger partial charge on any atom is 0.256 e. The number of hydrogen-bond acceptors (Lipinski definition) is 4. The van der Waals surface area contributed by atoms with Crippen LogP contribution in [0.2, 0.25) is 10.0 Å². The summed E-state index contributed by atoms with van der Waals surface area (Å²) in [4.78, 5) is 12.5. The van der Waals surface area contributed by atoms with Crippen LogP contribution in [0.1, 0.15) is 21.5 Å². The van der Waals surface area contributed by atoms with E-state index in [0.717, 1.165) is 0 Å². The Hall–Kier alpha value is -2.35. The number of halogens is 2. The summed E-state index contributed by atoms with van der Waals surface area (Å²) >= 11 is 12.4. The molecule has 6 nitrogen and oxygen atoms in total. The van der Waals surface area contributed by atoms with Gasteiger partial charge in [0, 0.05) is 33.5 Å². The Balaban J connectivity index is 1.74. The first-order chi connectivity index (χ1) is 13.2. The number of benzene rings is 2.